The molecule has 0 bridgehead atoms. The quantitative estimate of drug-likeness (QED) is 0.809. The summed E-state index contributed by atoms with van der Waals surface area (Å²) in [5.74, 6) is 0. The average molecular weight is 281 g/mol. The highest BCUT2D eigenvalue weighted by Crippen LogP contribution is 2.23. The number of benzene rings is 1. The molecule has 0 aliphatic carbocycles. The topological polar surface area (TPSA) is 87.2 Å². The molecule has 0 saturated carbocycles. The van der Waals surface area contributed by atoms with Gasteiger partial charge in [0.1, 0.15) is 0 Å². The van der Waals surface area contributed by atoms with Crippen LogP contribution in [-0.4, -0.2) is 20.2 Å². The molecule has 5 nitrogen and oxygen atoms in total. The Morgan fingerprint density at radius 2 is 1.89 bits per heavy atom. The fourth-order valence-electron chi connectivity index (χ4n) is 1.77. The highest BCUT2D eigenvalue weighted by atomic mass is 32.2. The second-order valence-electron chi connectivity index (χ2n) is 4.23. The van der Waals surface area contributed by atoms with E-state index in [1.165, 1.54) is 4.31 Å². The molecule has 1 aromatic rings. The molecule has 104 valence electrons. The summed E-state index contributed by atoms with van der Waals surface area (Å²) in [6.45, 7) is 3.94. The van der Waals surface area contributed by atoms with Gasteiger partial charge in [-0.2, -0.15) is 5.26 Å². The van der Waals surface area contributed by atoms with Crippen LogP contribution in [0.15, 0.2) is 24.3 Å². The largest absolute Gasteiger partial charge is 0.399 e. The maximum absolute atomic E-state index is 12.4. The van der Waals surface area contributed by atoms with E-state index in [0.717, 1.165) is 0 Å². The smallest absolute Gasteiger partial charge is 0.251 e. The van der Waals surface area contributed by atoms with Crippen LogP contribution < -0.4 is 10.0 Å². The summed E-state index contributed by atoms with van der Waals surface area (Å²) in [7, 11) is -3.66. The normalized spacial score (nSPS) is 12.7. The molecule has 0 aliphatic rings. The van der Waals surface area contributed by atoms with E-state index in [1.54, 1.807) is 31.2 Å². The zero-order chi connectivity index (χ0) is 14.5. The zero-order valence-electron chi connectivity index (χ0n) is 11.2. The molecular formula is C13H19N3O2S. The summed E-state index contributed by atoms with van der Waals surface area (Å²) in [5, 5.41) is 7.98. The number of rotatable bonds is 6. The molecule has 0 spiro atoms. The second-order valence-corrected chi connectivity index (χ2v) is 6.27. The van der Waals surface area contributed by atoms with Crippen LogP contribution in [0.3, 0.4) is 0 Å². The predicted octanol–water partition coefficient (Wildman–Crippen LogP) is 2.12. The van der Waals surface area contributed by atoms with Crippen LogP contribution in [0.25, 0.3) is 0 Å². The van der Waals surface area contributed by atoms with Crippen molar-refractivity contribution in [1.82, 2.24) is 0 Å². The summed E-state index contributed by atoms with van der Waals surface area (Å²) in [4.78, 5) is 0. The van der Waals surface area contributed by atoms with Gasteiger partial charge in [0, 0.05) is 12.2 Å². The van der Waals surface area contributed by atoms with Crippen molar-refractivity contribution in [3.05, 3.63) is 24.3 Å². The first-order valence-electron chi connectivity index (χ1n) is 6.24. The molecule has 6 heteroatoms. The number of hydrogen-bond acceptors (Lipinski definition) is 4. The maximum atomic E-state index is 12.4. The molecule has 0 amide bonds. The summed E-state index contributed by atoms with van der Waals surface area (Å²) in [6, 6.07) is 8.48. The first-order chi connectivity index (χ1) is 8.97. The Kier molecular flexibility index (Phi) is 5.19. The molecule has 19 heavy (non-hydrogen) atoms. The number of anilines is 2. The number of nitrogen functional groups attached to an aromatic ring is 1. The zero-order valence-corrected chi connectivity index (χ0v) is 12.0. The summed E-state index contributed by atoms with van der Waals surface area (Å²) >= 11 is 0. The molecular weight excluding hydrogens is 262 g/mol. The molecule has 0 saturated heterocycles. The first kappa shape index (κ1) is 15.3. The Balaban J connectivity index is 3.21. The molecule has 1 rings (SSSR count). The SMILES string of the molecule is CCCN(c1ccc(N)cc1)S(=O)(=O)C(C#N)CC. The third-order valence-electron chi connectivity index (χ3n) is 2.79. The molecule has 1 aromatic carbocycles. The third kappa shape index (κ3) is 3.38. The number of nitrogens with two attached hydrogens (primary N) is 1. The van der Waals surface area contributed by atoms with Gasteiger partial charge in [0.2, 0.25) is 0 Å². The van der Waals surface area contributed by atoms with Crippen LogP contribution in [-0.2, 0) is 10.0 Å². The van der Waals surface area contributed by atoms with Crippen molar-refractivity contribution < 1.29 is 8.42 Å². The van der Waals surface area contributed by atoms with E-state index in [4.69, 9.17) is 11.0 Å². The van der Waals surface area contributed by atoms with Crippen molar-refractivity contribution in [1.29, 1.82) is 5.26 Å². The van der Waals surface area contributed by atoms with Gasteiger partial charge >= 0.3 is 0 Å². The Labute approximate surface area is 114 Å². The molecule has 1 unspecified atom stereocenters. The Bertz CT molecular complexity index is 546. The van der Waals surface area contributed by atoms with E-state index < -0.39 is 15.3 Å². The number of hydrogen-bond donors (Lipinski definition) is 1. The summed E-state index contributed by atoms with van der Waals surface area (Å²) in [6.07, 6.45) is 0.944. The highest BCUT2D eigenvalue weighted by Gasteiger charge is 2.30. The van der Waals surface area contributed by atoms with Gasteiger partial charge in [-0.1, -0.05) is 13.8 Å². The van der Waals surface area contributed by atoms with Crippen LogP contribution in [0, 0.1) is 11.3 Å². The van der Waals surface area contributed by atoms with Crippen molar-refractivity contribution >= 4 is 21.4 Å². The summed E-state index contributed by atoms with van der Waals surface area (Å²) < 4.78 is 26.2. The predicted molar refractivity (Wildman–Crippen MR) is 77.1 cm³/mol. The highest BCUT2D eigenvalue weighted by molar-refractivity contribution is 7.93. The molecule has 2 N–H and O–H groups in total. The fourth-order valence-corrected chi connectivity index (χ4v) is 3.48. The van der Waals surface area contributed by atoms with Crippen molar-refractivity contribution in [2.24, 2.45) is 0 Å². The second kappa shape index (κ2) is 6.43. The van der Waals surface area contributed by atoms with Gasteiger partial charge in [-0.3, -0.25) is 4.31 Å². The van der Waals surface area contributed by atoms with Gasteiger partial charge in [0.25, 0.3) is 10.0 Å². The molecule has 0 heterocycles. The van der Waals surface area contributed by atoms with Crippen LogP contribution >= 0.6 is 0 Å². The third-order valence-corrected chi connectivity index (χ3v) is 4.95. The van der Waals surface area contributed by atoms with Crippen molar-refractivity contribution in [2.75, 3.05) is 16.6 Å². The fraction of sp³-hybridized carbons (Fsp3) is 0.462. The molecule has 0 aromatic heterocycles. The van der Waals surface area contributed by atoms with Gasteiger partial charge < -0.3 is 5.73 Å². The van der Waals surface area contributed by atoms with E-state index in [9.17, 15) is 8.42 Å². The molecule has 1 atom stereocenters. The van der Waals surface area contributed by atoms with Gasteiger partial charge in [-0.25, -0.2) is 8.42 Å². The molecule has 0 radical (unpaired) electrons. The number of nitrogens with zero attached hydrogens (tertiary/aromatic N) is 2. The molecule has 0 fully saturated rings. The van der Waals surface area contributed by atoms with Gasteiger partial charge in [-0.15, -0.1) is 0 Å². The van der Waals surface area contributed by atoms with Crippen LogP contribution in [0.1, 0.15) is 26.7 Å². The van der Waals surface area contributed by atoms with Gasteiger partial charge in [-0.05, 0) is 37.1 Å². The maximum Gasteiger partial charge on any atom is 0.251 e. The van der Waals surface area contributed by atoms with Gasteiger partial charge in [0.15, 0.2) is 5.25 Å². The minimum atomic E-state index is -3.66. The molecule has 0 aliphatic heterocycles. The van der Waals surface area contributed by atoms with Crippen molar-refractivity contribution in [3.63, 3.8) is 0 Å². The Morgan fingerprint density at radius 1 is 1.32 bits per heavy atom. The van der Waals surface area contributed by atoms with Crippen LogP contribution in [0.5, 0.6) is 0 Å². The van der Waals surface area contributed by atoms with Crippen molar-refractivity contribution in [2.45, 2.75) is 31.9 Å². The van der Waals surface area contributed by atoms with Crippen LogP contribution in [0.2, 0.25) is 0 Å². The van der Waals surface area contributed by atoms with E-state index in [2.05, 4.69) is 0 Å². The number of nitriles is 1. The van der Waals surface area contributed by atoms with E-state index in [-0.39, 0.29) is 6.42 Å². The van der Waals surface area contributed by atoms with E-state index in [0.29, 0.717) is 24.3 Å². The van der Waals surface area contributed by atoms with Crippen molar-refractivity contribution in [3.8, 4) is 6.07 Å². The summed E-state index contributed by atoms with van der Waals surface area (Å²) in [5.41, 5.74) is 6.72. The monoisotopic (exact) mass is 281 g/mol. The van der Waals surface area contributed by atoms with Gasteiger partial charge in [0.05, 0.1) is 11.8 Å². The lowest BCUT2D eigenvalue weighted by Crippen LogP contribution is -2.38. The minimum absolute atomic E-state index is 0.272. The minimum Gasteiger partial charge on any atom is -0.399 e. The first-order valence-corrected chi connectivity index (χ1v) is 7.74. The Morgan fingerprint density at radius 3 is 2.32 bits per heavy atom. The average Bonchev–Trinajstić information content (AvgIpc) is 2.38. The van der Waals surface area contributed by atoms with E-state index in [1.807, 2.05) is 13.0 Å². The lowest BCUT2D eigenvalue weighted by Gasteiger charge is -2.26. The standard InChI is InChI=1S/C13H19N3O2S/c1-3-9-16(12-7-5-11(15)6-8-12)19(17,18)13(4-2)10-14/h5-8,13H,3-4,9,15H2,1-2H3. The lowest BCUT2D eigenvalue weighted by molar-refractivity contribution is 0.581. The van der Waals surface area contributed by atoms with Crippen LogP contribution in [0.4, 0.5) is 11.4 Å². The number of sulfonamides is 1. The van der Waals surface area contributed by atoms with E-state index >= 15 is 0 Å². The lowest BCUT2D eigenvalue weighted by atomic mass is 10.3. The Hall–Kier alpha value is -1.74.